The molecule has 0 aromatic carbocycles. The molecule has 0 N–H and O–H groups in total. The minimum Gasteiger partial charge on any atom is -0.381 e. The van der Waals surface area contributed by atoms with Gasteiger partial charge in [-0.1, -0.05) is 0 Å². The average Bonchev–Trinajstić information content (AvgIpc) is 2.57. The van der Waals surface area contributed by atoms with Gasteiger partial charge in [0.1, 0.15) is 11.7 Å². The molecule has 5 nitrogen and oxygen atoms in total. The van der Waals surface area contributed by atoms with Crippen molar-refractivity contribution < 1.29 is 23.7 Å². The molecular weight excluding hydrogens is 188 g/mol. The molecule has 0 radical (unpaired) electrons. The van der Waals surface area contributed by atoms with E-state index in [1.54, 1.807) is 28.4 Å². The van der Waals surface area contributed by atoms with E-state index >= 15 is 0 Å². The zero-order valence-corrected chi connectivity index (χ0v) is 9.11. The monoisotopic (exact) mass is 206 g/mol. The Labute approximate surface area is 84.2 Å². The fourth-order valence-electron chi connectivity index (χ4n) is 1.76. The summed E-state index contributed by atoms with van der Waals surface area (Å²) in [5.41, 5.74) is -0.565. The van der Waals surface area contributed by atoms with E-state index < -0.39 is 11.9 Å². The Balaban J connectivity index is 2.75. The van der Waals surface area contributed by atoms with Gasteiger partial charge in [0.2, 0.25) is 0 Å². The van der Waals surface area contributed by atoms with E-state index in [9.17, 15) is 0 Å². The highest BCUT2D eigenvalue weighted by molar-refractivity contribution is 4.96. The highest BCUT2D eigenvalue weighted by atomic mass is 16.7. The van der Waals surface area contributed by atoms with Gasteiger partial charge in [-0.15, -0.1) is 0 Å². The minimum absolute atomic E-state index is 0.266. The van der Waals surface area contributed by atoms with E-state index in [1.165, 1.54) is 0 Å². The van der Waals surface area contributed by atoms with Crippen LogP contribution in [0.3, 0.4) is 0 Å². The van der Waals surface area contributed by atoms with Crippen LogP contribution < -0.4 is 0 Å². The first kappa shape index (κ1) is 11.9. The van der Waals surface area contributed by atoms with Gasteiger partial charge >= 0.3 is 0 Å². The number of hydrogen-bond donors (Lipinski definition) is 0. The molecule has 1 rings (SSSR count). The maximum atomic E-state index is 5.42. The Hall–Kier alpha value is -0.200. The quantitative estimate of drug-likeness (QED) is 0.635. The summed E-state index contributed by atoms with van der Waals surface area (Å²) in [6.07, 6.45) is -0.660. The van der Waals surface area contributed by atoms with Crippen LogP contribution in [-0.2, 0) is 23.7 Å². The third-order valence-electron chi connectivity index (χ3n) is 2.54. The van der Waals surface area contributed by atoms with Gasteiger partial charge in [-0.05, 0) is 0 Å². The highest BCUT2D eigenvalue weighted by Crippen LogP contribution is 2.30. The molecule has 5 heteroatoms. The van der Waals surface area contributed by atoms with Crippen molar-refractivity contribution in [1.82, 2.24) is 0 Å². The molecule has 0 aromatic rings. The van der Waals surface area contributed by atoms with E-state index in [4.69, 9.17) is 23.7 Å². The first-order valence-electron chi connectivity index (χ1n) is 4.45. The van der Waals surface area contributed by atoms with Gasteiger partial charge in [0.25, 0.3) is 0 Å². The fourth-order valence-corrected chi connectivity index (χ4v) is 1.76. The predicted molar refractivity (Wildman–Crippen MR) is 49.2 cm³/mol. The van der Waals surface area contributed by atoms with Gasteiger partial charge in [0, 0.05) is 28.4 Å². The maximum absolute atomic E-state index is 5.42. The fraction of sp³-hybridized carbons (Fsp3) is 1.00. The molecule has 3 atom stereocenters. The zero-order valence-electron chi connectivity index (χ0n) is 9.11. The molecule has 1 aliphatic rings. The van der Waals surface area contributed by atoms with E-state index in [0.717, 1.165) is 0 Å². The van der Waals surface area contributed by atoms with Crippen LogP contribution in [0.15, 0.2) is 0 Å². The number of ether oxygens (including phenoxy) is 5. The van der Waals surface area contributed by atoms with Gasteiger partial charge in [-0.3, -0.25) is 0 Å². The molecule has 1 saturated heterocycles. The van der Waals surface area contributed by atoms with Crippen molar-refractivity contribution in [1.29, 1.82) is 0 Å². The molecule has 84 valence electrons. The van der Waals surface area contributed by atoms with Crippen molar-refractivity contribution in [2.24, 2.45) is 0 Å². The lowest BCUT2D eigenvalue weighted by atomic mass is 10.0. The van der Waals surface area contributed by atoms with Gasteiger partial charge in [0.15, 0.2) is 6.29 Å². The Morgan fingerprint density at radius 3 is 2.36 bits per heavy atom. The van der Waals surface area contributed by atoms with Crippen molar-refractivity contribution in [2.45, 2.75) is 18.0 Å². The Morgan fingerprint density at radius 1 is 1.21 bits per heavy atom. The standard InChI is InChI=1S/C9H18O5/c1-10-5-9(13-4)6-14-8(12-3)7(9)11-2/h7-8H,5-6H2,1-4H3/t7-,8+,9+/m0/s1. The normalized spacial score (nSPS) is 37.7. The molecular formula is C9H18O5. The van der Waals surface area contributed by atoms with Crippen molar-refractivity contribution in [3.8, 4) is 0 Å². The summed E-state index contributed by atoms with van der Waals surface area (Å²) in [6.45, 7) is 0.830. The van der Waals surface area contributed by atoms with E-state index in [0.29, 0.717) is 13.2 Å². The summed E-state index contributed by atoms with van der Waals surface area (Å²) < 4.78 is 26.4. The second-order valence-corrected chi connectivity index (χ2v) is 3.27. The van der Waals surface area contributed by atoms with Crippen LogP contribution >= 0.6 is 0 Å². The van der Waals surface area contributed by atoms with Gasteiger partial charge in [0.05, 0.1) is 13.2 Å². The number of methoxy groups -OCH3 is 4. The van der Waals surface area contributed by atoms with Crippen molar-refractivity contribution in [2.75, 3.05) is 41.7 Å². The number of hydrogen-bond acceptors (Lipinski definition) is 5. The third-order valence-corrected chi connectivity index (χ3v) is 2.54. The summed E-state index contributed by atoms with van der Waals surface area (Å²) in [5, 5.41) is 0. The summed E-state index contributed by atoms with van der Waals surface area (Å²) in [4.78, 5) is 0. The van der Waals surface area contributed by atoms with Crippen molar-refractivity contribution in [3.63, 3.8) is 0 Å². The predicted octanol–water partition coefficient (Wildman–Crippen LogP) is 0.0357. The molecule has 0 aromatic heterocycles. The smallest absolute Gasteiger partial charge is 0.186 e. The minimum atomic E-state index is -0.565. The van der Waals surface area contributed by atoms with Crippen LogP contribution in [0.25, 0.3) is 0 Å². The van der Waals surface area contributed by atoms with Crippen molar-refractivity contribution in [3.05, 3.63) is 0 Å². The summed E-state index contributed by atoms with van der Waals surface area (Å²) in [6, 6.07) is 0. The highest BCUT2D eigenvalue weighted by Gasteiger charge is 2.51. The topological polar surface area (TPSA) is 46.2 Å². The van der Waals surface area contributed by atoms with E-state index in [2.05, 4.69) is 0 Å². The summed E-state index contributed by atoms with van der Waals surface area (Å²) in [7, 11) is 6.42. The molecule has 0 aliphatic carbocycles. The van der Waals surface area contributed by atoms with Crippen LogP contribution in [0.1, 0.15) is 0 Å². The first-order valence-corrected chi connectivity index (χ1v) is 4.45. The molecule has 1 heterocycles. The van der Waals surface area contributed by atoms with Gasteiger partial charge in [-0.2, -0.15) is 0 Å². The van der Waals surface area contributed by atoms with Crippen LogP contribution in [0.5, 0.6) is 0 Å². The van der Waals surface area contributed by atoms with Gasteiger partial charge in [-0.25, -0.2) is 0 Å². The molecule has 14 heavy (non-hydrogen) atoms. The lowest BCUT2D eigenvalue weighted by Gasteiger charge is -2.31. The van der Waals surface area contributed by atoms with E-state index in [1.807, 2.05) is 0 Å². The molecule has 1 fully saturated rings. The van der Waals surface area contributed by atoms with E-state index in [-0.39, 0.29) is 6.10 Å². The van der Waals surface area contributed by atoms with Gasteiger partial charge < -0.3 is 23.7 Å². The largest absolute Gasteiger partial charge is 0.381 e. The molecule has 0 bridgehead atoms. The Kier molecular flexibility index (Phi) is 4.28. The summed E-state index contributed by atoms with van der Waals surface area (Å²) >= 11 is 0. The second-order valence-electron chi connectivity index (χ2n) is 3.27. The molecule has 1 aliphatic heterocycles. The lowest BCUT2D eigenvalue weighted by Crippen LogP contribution is -2.50. The average molecular weight is 206 g/mol. The zero-order chi connectivity index (χ0) is 10.6. The molecule has 0 unspecified atom stereocenters. The van der Waals surface area contributed by atoms with Crippen molar-refractivity contribution >= 4 is 0 Å². The van der Waals surface area contributed by atoms with Crippen LogP contribution in [-0.4, -0.2) is 59.6 Å². The Morgan fingerprint density at radius 2 is 1.93 bits per heavy atom. The van der Waals surface area contributed by atoms with Crippen LogP contribution in [0, 0.1) is 0 Å². The molecule has 0 amide bonds. The summed E-state index contributed by atoms with van der Waals surface area (Å²) in [5.74, 6) is 0. The SMILES string of the molecule is COC[C@@]1(OC)CO[C@@H](OC)[C@@H]1OC. The second kappa shape index (κ2) is 5.04. The van der Waals surface area contributed by atoms with Crippen LogP contribution in [0.4, 0.5) is 0 Å². The number of rotatable bonds is 5. The lowest BCUT2D eigenvalue weighted by molar-refractivity contribution is -0.166. The molecule has 0 saturated carbocycles. The Bertz CT molecular complexity index is 175. The first-order chi connectivity index (χ1) is 6.74. The maximum Gasteiger partial charge on any atom is 0.186 e. The van der Waals surface area contributed by atoms with Crippen LogP contribution in [0.2, 0.25) is 0 Å². The third kappa shape index (κ3) is 1.92. The molecule has 0 spiro atoms.